The number of rotatable bonds is 6. The number of nitrogens with one attached hydrogen (secondary N) is 1. The second kappa shape index (κ2) is 7.05. The van der Waals surface area contributed by atoms with Crippen LogP contribution < -0.4 is 5.32 Å². The molecule has 0 fully saturated rings. The Balaban J connectivity index is 2.34. The molecular formula is C12H18ClNOS. The number of halogens is 1. The van der Waals surface area contributed by atoms with Crippen LogP contribution in [0, 0.1) is 0 Å². The minimum Gasteiger partial charge on any atom is -0.310 e. The molecule has 0 aromatic heterocycles. The predicted octanol–water partition coefficient (Wildman–Crippen LogP) is 2.59. The molecule has 2 nitrogen and oxygen atoms in total. The van der Waals surface area contributed by atoms with Crippen LogP contribution in [-0.2, 0) is 17.3 Å². The summed E-state index contributed by atoms with van der Waals surface area (Å²) in [5, 5.41) is 4.17. The fraction of sp³-hybridized carbons (Fsp3) is 0.500. The molecule has 0 amide bonds. The highest BCUT2D eigenvalue weighted by molar-refractivity contribution is 7.84. The van der Waals surface area contributed by atoms with Crippen molar-refractivity contribution in [2.24, 2.45) is 0 Å². The molecule has 0 saturated heterocycles. The second-order valence-corrected chi connectivity index (χ2v) is 5.90. The maximum absolute atomic E-state index is 10.9. The Morgan fingerprint density at radius 1 is 1.44 bits per heavy atom. The Bertz CT molecular complexity index is 357. The monoisotopic (exact) mass is 259 g/mol. The average Bonchev–Trinajstić information content (AvgIpc) is 2.25. The van der Waals surface area contributed by atoms with Crippen molar-refractivity contribution in [2.45, 2.75) is 25.9 Å². The first-order chi connectivity index (χ1) is 7.59. The molecule has 1 N–H and O–H groups in total. The van der Waals surface area contributed by atoms with Gasteiger partial charge in [0, 0.05) is 40.4 Å². The molecule has 0 heterocycles. The van der Waals surface area contributed by atoms with E-state index in [0.29, 0.717) is 6.04 Å². The van der Waals surface area contributed by atoms with Gasteiger partial charge >= 0.3 is 0 Å². The molecular weight excluding hydrogens is 242 g/mol. The van der Waals surface area contributed by atoms with Gasteiger partial charge in [-0.3, -0.25) is 4.21 Å². The van der Waals surface area contributed by atoms with Crippen LogP contribution in [0.1, 0.15) is 18.9 Å². The molecule has 1 rings (SSSR count). The molecule has 2 atom stereocenters. The van der Waals surface area contributed by atoms with E-state index in [1.54, 1.807) is 6.26 Å². The summed E-state index contributed by atoms with van der Waals surface area (Å²) in [7, 11) is -0.705. The summed E-state index contributed by atoms with van der Waals surface area (Å²) in [5.41, 5.74) is 1.11. The van der Waals surface area contributed by atoms with Gasteiger partial charge in [0.2, 0.25) is 0 Å². The smallest absolute Gasteiger partial charge is 0.0450 e. The van der Waals surface area contributed by atoms with E-state index in [1.165, 1.54) is 0 Å². The quantitative estimate of drug-likeness (QED) is 0.851. The Kier molecular flexibility index (Phi) is 6.03. The molecule has 1 aromatic rings. The van der Waals surface area contributed by atoms with Crippen molar-refractivity contribution in [3.05, 3.63) is 34.9 Å². The molecule has 16 heavy (non-hydrogen) atoms. The Morgan fingerprint density at radius 2 is 2.12 bits per heavy atom. The summed E-state index contributed by atoms with van der Waals surface area (Å²) in [6, 6.07) is 8.18. The first-order valence-electron chi connectivity index (χ1n) is 5.36. The van der Waals surface area contributed by atoms with Gasteiger partial charge in [0.15, 0.2) is 0 Å². The number of hydrogen-bond donors (Lipinski definition) is 1. The Hall–Kier alpha value is -0.380. The van der Waals surface area contributed by atoms with Crippen molar-refractivity contribution in [2.75, 3.05) is 12.0 Å². The first-order valence-corrected chi connectivity index (χ1v) is 7.47. The number of hydrogen-bond acceptors (Lipinski definition) is 2. The predicted molar refractivity (Wildman–Crippen MR) is 71.3 cm³/mol. The Labute approximate surface area is 105 Å². The third-order valence-corrected chi connectivity index (χ3v) is 3.62. The van der Waals surface area contributed by atoms with Gasteiger partial charge in [0.05, 0.1) is 0 Å². The lowest BCUT2D eigenvalue weighted by Crippen LogP contribution is -2.27. The standard InChI is InChI=1S/C12H18ClNOS/c1-10(7-8-16(2)15)14-9-11-5-3-4-6-12(11)13/h3-6,10,14H,7-9H2,1-2H3. The summed E-state index contributed by atoms with van der Waals surface area (Å²) < 4.78 is 10.9. The molecule has 90 valence electrons. The lowest BCUT2D eigenvalue weighted by molar-refractivity contribution is 0.535. The van der Waals surface area contributed by atoms with Gasteiger partial charge in [-0.1, -0.05) is 29.8 Å². The van der Waals surface area contributed by atoms with Gasteiger partial charge in [-0.25, -0.2) is 0 Å². The van der Waals surface area contributed by atoms with E-state index in [9.17, 15) is 4.21 Å². The minimum atomic E-state index is -0.705. The molecule has 1 aromatic carbocycles. The van der Waals surface area contributed by atoms with Crippen molar-refractivity contribution in [3.63, 3.8) is 0 Å². The first kappa shape index (κ1) is 13.7. The lowest BCUT2D eigenvalue weighted by Gasteiger charge is -2.13. The summed E-state index contributed by atoms with van der Waals surface area (Å²) in [5.74, 6) is 0.747. The third-order valence-electron chi connectivity index (χ3n) is 2.44. The fourth-order valence-corrected chi connectivity index (χ4v) is 2.26. The SMILES string of the molecule is CC(CCS(C)=O)NCc1ccccc1Cl. The maximum atomic E-state index is 10.9. The van der Waals surface area contributed by atoms with Gasteiger partial charge in [0.25, 0.3) is 0 Å². The maximum Gasteiger partial charge on any atom is 0.0450 e. The van der Waals surface area contributed by atoms with Crippen LogP contribution >= 0.6 is 11.6 Å². The molecule has 0 bridgehead atoms. The van der Waals surface area contributed by atoms with E-state index in [0.717, 1.165) is 29.3 Å². The normalized spacial score (nSPS) is 14.7. The summed E-state index contributed by atoms with van der Waals surface area (Å²) in [6.45, 7) is 2.86. The van der Waals surface area contributed by atoms with E-state index < -0.39 is 10.8 Å². The van der Waals surface area contributed by atoms with Crippen LogP contribution in [0.4, 0.5) is 0 Å². The van der Waals surface area contributed by atoms with Crippen LogP contribution in [0.2, 0.25) is 5.02 Å². The van der Waals surface area contributed by atoms with Crippen molar-refractivity contribution >= 4 is 22.4 Å². The molecule has 0 spiro atoms. The van der Waals surface area contributed by atoms with Crippen molar-refractivity contribution in [1.29, 1.82) is 0 Å². The van der Waals surface area contributed by atoms with Crippen LogP contribution in [-0.4, -0.2) is 22.3 Å². The zero-order valence-electron chi connectivity index (χ0n) is 9.70. The zero-order valence-corrected chi connectivity index (χ0v) is 11.3. The van der Waals surface area contributed by atoms with Crippen molar-refractivity contribution in [3.8, 4) is 0 Å². The topological polar surface area (TPSA) is 29.1 Å². The van der Waals surface area contributed by atoms with Crippen LogP contribution in [0.15, 0.2) is 24.3 Å². The van der Waals surface area contributed by atoms with Crippen molar-refractivity contribution in [1.82, 2.24) is 5.32 Å². The fourth-order valence-electron chi connectivity index (χ4n) is 1.37. The lowest BCUT2D eigenvalue weighted by atomic mass is 10.2. The van der Waals surface area contributed by atoms with Crippen LogP contribution in [0.25, 0.3) is 0 Å². The van der Waals surface area contributed by atoms with Gasteiger partial charge < -0.3 is 5.32 Å². The van der Waals surface area contributed by atoms with Gasteiger partial charge in [0.1, 0.15) is 0 Å². The molecule has 0 aliphatic rings. The molecule has 0 aliphatic heterocycles. The highest BCUT2D eigenvalue weighted by atomic mass is 35.5. The van der Waals surface area contributed by atoms with E-state index in [2.05, 4.69) is 12.2 Å². The van der Waals surface area contributed by atoms with E-state index in [4.69, 9.17) is 11.6 Å². The highest BCUT2D eigenvalue weighted by Crippen LogP contribution is 2.14. The molecule has 2 unspecified atom stereocenters. The summed E-state index contributed by atoms with van der Waals surface area (Å²) in [4.78, 5) is 0. The molecule has 0 saturated carbocycles. The molecule has 0 aliphatic carbocycles. The van der Waals surface area contributed by atoms with Crippen LogP contribution in [0.5, 0.6) is 0 Å². The Morgan fingerprint density at radius 3 is 2.75 bits per heavy atom. The molecule has 0 radical (unpaired) electrons. The van der Waals surface area contributed by atoms with E-state index >= 15 is 0 Å². The average molecular weight is 260 g/mol. The van der Waals surface area contributed by atoms with E-state index in [-0.39, 0.29) is 0 Å². The second-order valence-electron chi connectivity index (χ2n) is 3.94. The van der Waals surface area contributed by atoms with Gasteiger partial charge in [-0.05, 0) is 25.0 Å². The zero-order chi connectivity index (χ0) is 12.0. The van der Waals surface area contributed by atoms with E-state index in [1.807, 2.05) is 24.3 Å². The van der Waals surface area contributed by atoms with Gasteiger partial charge in [-0.15, -0.1) is 0 Å². The van der Waals surface area contributed by atoms with Crippen LogP contribution in [0.3, 0.4) is 0 Å². The highest BCUT2D eigenvalue weighted by Gasteiger charge is 2.04. The minimum absolute atomic E-state index is 0.361. The third kappa shape index (κ3) is 5.10. The van der Waals surface area contributed by atoms with Crippen molar-refractivity contribution < 1.29 is 4.21 Å². The summed E-state index contributed by atoms with van der Waals surface area (Å²) in [6.07, 6.45) is 2.66. The largest absolute Gasteiger partial charge is 0.310 e. The molecule has 4 heteroatoms. The van der Waals surface area contributed by atoms with Gasteiger partial charge in [-0.2, -0.15) is 0 Å². The summed E-state index contributed by atoms with van der Waals surface area (Å²) >= 11 is 6.05. The number of benzene rings is 1.